The molecule has 1 rings (SSSR count). The molecule has 0 atom stereocenters. The van der Waals surface area contributed by atoms with Gasteiger partial charge in [-0.25, -0.2) is 0 Å². The van der Waals surface area contributed by atoms with Crippen molar-refractivity contribution in [2.75, 3.05) is 20.5 Å². The summed E-state index contributed by atoms with van der Waals surface area (Å²) in [5.74, 6) is 0. The van der Waals surface area contributed by atoms with Crippen LogP contribution in [0.4, 0.5) is 0 Å². The number of benzene rings is 1. The van der Waals surface area contributed by atoms with Crippen molar-refractivity contribution < 1.29 is 9.47 Å². The van der Waals surface area contributed by atoms with E-state index in [0.29, 0.717) is 13.4 Å². The summed E-state index contributed by atoms with van der Waals surface area (Å²) in [6, 6.07) is 8.56. The summed E-state index contributed by atoms with van der Waals surface area (Å²) in [7, 11) is 1.66. The van der Waals surface area contributed by atoms with Gasteiger partial charge in [-0.3, -0.25) is 0 Å². The highest BCUT2D eigenvalue weighted by Gasteiger charge is 2.30. The molecule has 0 aliphatic rings. The van der Waals surface area contributed by atoms with Crippen LogP contribution in [0.3, 0.4) is 0 Å². The van der Waals surface area contributed by atoms with E-state index in [2.05, 4.69) is 60.7 Å². The predicted octanol–water partition coefficient (Wildman–Crippen LogP) is 3.97. The Balaban J connectivity index is 2.94. The molecule has 3 heteroatoms. The smallest absolute Gasteiger partial charge is 0.146 e. The van der Waals surface area contributed by atoms with Crippen LogP contribution in [0.2, 0.25) is 0 Å². The molecular formula is C14H21IO2. The number of hydrogen-bond donors (Lipinski definition) is 0. The molecule has 0 saturated carbocycles. The lowest BCUT2D eigenvalue weighted by molar-refractivity contribution is -0.0510. The van der Waals surface area contributed by atoms with Crippen LogP contribution in [0, 0.1) is 3.57 Å². The molecule has 0 unspecified atom stereocenters. The third kappa shape index (κ3) is 3.66. The zero-order valence-corrected chi connectivity index (χ0v) is 13.0. The van der Waals surface area contributed by atoms with Crippen molar-refractivity contribution in [2.24, 2.45) is 0 Å². The summed E-state index contributed by atoms with van der Waals surface area (Å²) >= 11 is 2.41. The summed E-state index contributed by atoms with van der Waals surface area (Å²) in [6.07, 6.45) is 2.15. The molecule has 96 valence electrons. The van der Waals surface area contributed by atoms with Gasteiger partial charge in [0.25, 0.3) is 0 Å². The molecule has 0 aromatic heterocycles. The second kappa shape index (κ2) is 7.34. The average molecular weight is 348 g/mol. The van der Waals surface area contributed by atoms with E-state index in [0.717, 1.165) is 12.8 Å². The van der Waals surface area contributed by atoms with E-state index in [9.17, 15) is 0 Å². The molecule has 0 N–H and O–H groups in total. The first kappa shape index (κ1) is 14.9. The normalized spacial score (nSPS) is 11.8. The van der Waals surface area contributed by atoms with Crippen LogP contribution in [0.5, 0.6) is 0 Å². The Kier molecular flexibility index (Phi) is 6.44. The quantitative estimate of drug-likeness (QED) is 0.422. The van der Waals surface area contributed by atoms with Crippen molar-refractivity contribution in [2.45, 2.75) is 32.1 Å². The van der Waals surface area contributed by atoms with Crippen molar-refractivity contribution >= 4 is 22.6 Å². The van der Waals surface area contributed by atoms with Gasteiger partial charge in [-0.05, 0) is 47.1 Å². The Morgan fingerprint density at radius 2 is 1.82 bits per heavy atom. The van der Waals surface area contributed by atoms with Gasteiger partial charge in [-0.1, -0.05) is 32.0 Å². The number of halogens is 1. The number of ether oxygens (including phenoxy) is 2. The molecule has 1 aromatic rings. The third-order valence-corrected chi connectivity index (χ3v) is 4.32. The molecule has 17 heavy (non-hydrogen) atoms. The van der Waals surface area contributed by atoms with Gasteiger partial charge in [0.05, 0.1) is 6.61 Å². The van der Waals surface area contributed by atoms with Crippen LogP contribution >= 0.6 is 22.6 Å². The number of hydrogen-bond acceptors (Lipinski definition) is 2. The Bertz CT molecular complexity index is 335. The molecule has 0 saturated heterocycles. The fourth-order valence-corrected chi connectivity index (χ4v) is 3.08. The van der Waals surface area contributed by atoms with E-state index < -0.39 is 0 Å². The predicted molar refractivity (Wildman–Crippen MR) is 79.2 cm³/mol. The third-order valence-electron chi connectivity index (χ3n) is 3.38. The van der Waals surface area contributed by atoms with E-state index in [1.165, 1.54) is 9.13 Å². The lowest BCUT2D eigenvalue weighted by Crippen LogP contribution is -2.32. The summed E-state index contributed by atoms with van der Waals surface area (Å²) in [6.45, 7) is 5.53. The van der Waals surface area contributed by atoms with Crippen molar-refractivity contribution in [1.29, 1.82) is 0 Å². The summed E-state index contributed by atoms with van der Waals surface area (Å²) < 4.78 is 11.9. The maximum absolute atomic E-state index is 5.61. The van der Waals surface area contributed by atoms with Gasteiger partial charge in [0.2, 0.25) is 0 Å². The van der Waals surface area contributed by atoms with Gasteiger partial charge in [0, 0.05) is 16.1 Å². The second-order valence-electron chi connectivity index (χ2n) is 4.22. The van der Waals surface area contributed by atoms with E-state index in [1.54, 1.807) is 7.11 Å². The highest BCUT2D eigenvalue weighted by atomic mass is 127. The van der Waals surface area contributed by atoms with Gasteiger partial charge in [0.1, 0.15) is 6.79 Å². The topological polar surface area (TPSA) is 18.5 Å². The van der Waals surface area contributed by atoms with Gasteiger partial charge >= 0.3 is 0 Å². The van der Waals surface area contributed by atoms with Crippen molar-refractivity contribution in [3.63, 3.8) is 0 Å². The fraction of sp³-hybridized carbons (Fsp3) is 0.571. The SMILES string of the molecule is CCC(CC)(COCOC)c1ccccc1I. The van der Waals surface area contributed by atoms with Gasteiger partial charge in [-0.15, -0.1) is 0 Å². The zero-order valence-electron chi connectivity index (χ0n) is 10.8. The maximum Gasteiger partial charge on any atom is 0.146 e. The molecule has 0 spiro atoms. The minimum Gasteiger partial charge on any atom is -0.359 e. The first-order valence-corrected chi connectivity index (χ1v) is 7.09. The van der Waals surface area contributed by atoms with Gasteiger partial charge < -0.3 is 9.47 Å². The highest BCUT2D eigenvalue weighted by Crippen LogP contribution is 2.34. The first-order valence-electron chi connectivity index (χ1n) is 6.02. The second-order valence-corrected chi connectivity index (χ2v) is 5.38. The van der Waals surface area contributed by atoms with Crippen LogP contribution in [0.25, 0.3) is 0 Å². The Hall–Kier alpha value is -0.130. The van der Waals surface area contributed by atoms with E-state index >= 15 is 0 Å². The molecule has 0 amide bonds. The zero-order chi connectivity index (χ0) is 12.7. The van der Waals surface area contributed by atoms with Crippen LogP contribution in [-0.2, 0) is 14.9 Å². The Morgan fingerprint density at radius 1 is 1.18 bits per heavy atom. The molecule has 1 aromatic carbocycles. The van der Waals surface area contributed by atoms with Crippen LogP contribution < -0.4 is 0 Å². The summed E-state index contributed by atoms with van der Waals surface area (Å²) in [4.78, 5) is 0. The molecule has 0 aliphatic carbocycles. The van der Waals surface area contributed by atoms with Crippen molar-refractivity contribution in [3.8, 4) is 0 Å². The Morgan fingerprint density at radius 3 is 2.35 bits per heavy atom. The molecular weight excluding hydrogens is 327 g/mol. The lowest BCUT2D eigenvalue weighted by Gasteiger charge is -2.33. The molecule has 0 heterocycles. The van der Waals surface area contributed by atoms with E-state index in [1.807, 2.05) is 0 Å². The Labute approximate surface area is 118 Å². The van der Waals surface area contributed by atoms with Gasteiger partial charge in [0.15, 0.2) is 0 Å². The average Bonchev–Trinajstić information content (AvgIpc) is 2.36. The van der Waals surface area contributed by atoms with E-state index in [-0.39, 0.29) is 5.41 Å². The van der Waals surface area contributed by atoms with Crippen LogP contribution in [0.15, 0.2) is 24.3 Å². The molecule has 2 nitrogen and oxygen atoms in total. The minimum atomic E-state index is 0.107. The number of methoxy groups -OCH3 is 1. The fourth-order valence-electron chi connectivity index (χ4n) is 2.12. The van der Waals surface area contributed by atoms with E-state index in [4.69, 9.17) is 9.47 Å². The molecule has 0 bridgehead atoms. The van der Waals surface area contributed by atoms with Crippen molar-refractivity contribution in [3.05, 3.63) is 33.4 Å². The maximum atomic E-state index is 5.61. The molecule has 0 fully saturated rings. The monoisotopic (exact) mass is 348 g/mol. The summed E-state index contributed by atoms with van der Waals surface area (Å²) in [5.41, 5.74) is 1.50. The first-order chi connectivity index (χ1) is 8.20. The summed E-state index contributed by atoms with van der Waals surface area (Å²) in [5, 5.41) is 0. The standard InChI is InChI=1S/C14H21IO2/c1-4-14(5-2,10-17-11-16-3)12-8-6-7-9-13(12)15/h6-9H,4-5,10-11H2,1-3H3. The van der Waals surface area contributed by atoms with Crippen molar-refractivity contribution in [1.82, 2.24) is 0 Å². The largest absolute Gasteiger partial charge is 0.359 e. The molecule has 0 radical (unpaired) electrons. The molecule has 0 aliphatic heterocycles. The van der Waals surface area contributed by atoms with Crippen LogP contribution in [-0.4, -0.2) is 20.5 Å². The lowest BCUT2D eigenvalue weighted by atomic mass is 9.76. The highest BCUT2D eigenvalue weighted by molar-refractivity contribution is 14.1. The number of rotatable bonds is 7. The minimum absolute atomic E-state index is 0.107. The van der Waals surface area contributed by atoms with Crippen LogP contribution in [0.1, 0.15) is 32.3 Å². The van der Waals surface area contributed by atoms with Gasteiger partial charge in [-0.2, -0.15) is 0 Å².